The molecule has 0 aliphatic rings. The van der Waals surface area contributed by atoms with E-state index in [1.165, 1.54) is 25.2 Å². The van der Waals surface area contributed by atoms with Gasteiger partial charge in [0.25, 0.3) is 0 Å². The summed E-state index contributed by atoms with van der Waals surface area (Å²) in [6.07, 6.45) is 0.780. The van der Waals surface area contributed by atoms with E-state index in [4.69, 9.17) is 4.74 Å². The van der Waals surface area contributed by atoms with Crippen LogP contribution in [-0.4, -0.2) is 33.1 Å². The van der Waals surface area contributed by atoms with Gasteiger partial charge >= 0.3 is 5.97 Å². The summed E-state index contributed by atoms with van der Waals surface area (Å²) in [5.41, 5.74) is 1.46. The van der Waals surface area contributed by atoms with Crippen LogP contribution >= 0.6 is 0 Å². The van der Waals surface area contributed by atoms with Crippen molar-refractivity contribution in [2.24, 2.45) is 0 Å². The molecule has 128 valence electrons. The monoisotopic (exact) mass is 349 g/mol. The van der Waals surface area contributed by atoms with Crippen molar-refractivity contribution in [3.8, 4) is 16.9 Å². The first-order valence-corrected chi connectivity index (χ1v) is 8.91. The van der Waals surface area contributed by atoms with Gasteiger partial charge in [-0.05, 0) is 48.9 Å². The maximum Gasteiger partial charge on any atom is 0.339 e. The maximum absolute atomic E-state index is 11.7. The number of carboxylic acid groups (broad SMARTS) is 1. The van der Waals surface area contributed by atoms with E-state index < -0.39 is 16.0 Å². The molecular weight excluding hydrogens is 330 g/mol. The fourth-order valence-electron chi connectivity index (χ4n) is 2.16. The molecule has 0 aliphatic heterocycles. The molecule has 0 radical (unpaired) electrons. The van der Waals surface area contributed by atoms with Gasteiger partial charge in [0.05, 0.1) is 11.5 Å². The third-order valence-corrected chi connectivity index (χ3v) is 4.87. The molecule has 0 unspecified atom stereocenters. The predicted molar refractivity (Wildman–Crippen MR) is 90.9 cm³/mol. The second-order valence-electron chi connectivity index (χ2n) is 5.10. The highest BCUT2D eigenvalue weighted by molar-refractivity contribution is 7.89. The van der Waals surface area contributed by atoms with Gasteiger partial charge in [0, 0.05) is 0 Å². The zero-order chi connectivity index (χ0) is 17.7. The van der Waals surface area contributed by atoms with E-state index in [1.807, 2.05) is 6.92 Å². The number of ether oxygens (including phenoxy) is 1. The van der Waals surface area contributed by atoms with E-state index in [-0.39, 0.29) is 10.5 Å². The summed E-state index contributed by atoms with van der Waals surface area (Å²) in [5, 5.41) is 9.35. The molecule has 2 aromatic rings. The van der Waals surface area contributed by atoms with Gasteiger partial charge in [-0.15, -0.1) is 0 Å². The normalized spacial score (nSPS) is 11.2. The van der Waals surface area contributed by atoms with E-state index in [0.717, 1.165) is 12.0 Å². The van der Waals surface area contributed by atoms with Crippen LogP contribution in [0.5, 0.6) is 5.75 Å². The Hall–Kier alpha value is -2.38. The van der Waals surface area contributed by atoms with Crippen molar-refractivity contribution in [1.29, 1.82) is 0 Å². The molecule has 2 aromatic carbocycles. The number of carbonyl (C=O) groups is 1. The molecule has 2 rings (SSSR count). The summed E-state index contributed by atoms with van der Waals surface area (Å²) in [7, 11) is -2.16. The smallest absolute Gasteiger partial charge is 0.339 e. The van der Waals surface area contributed by atoms with Crippen LogP contribution in [0.25, 0.3) is 11.1 Å². The van der Waals surface area contributed by atoms with Crippen molar-refractivity contribution in [3.05, 3.63) is 48.0 Å². The minimum absolute atomic E-state index is 0.0767. The number of hydrogen-bond acceptors (Lipinski definition) is 4. The molecule has 0 amide bonds. The first kappa shape index (κ1) is 18.0. The van der Waals surface area contributed by atoms with Crippen LogP contribution in [0.1, 0.15) is 23.7 Å². The number of benzene rings is 2. The molecular formula is C17H19NO5S. The highest BCUT2D eigenvalue weighted by atomic mass is 32.2. The van der Waals surface area contributed by atoms with Gasteiger partial charge in [-0.2, -0.15) is 0 Å². The highest BCUT2D eigenvalue weighted by Gasteiger charge is 2.14. The molecule has 0 atom stereocenters. The van der Waals surface area contributed by atoms with Gasteiger partial charge in [0.2, 0.25) is 10.0 Å². The van der Waals surface area contributed by atoms with Gasteiger partial charge in [0.15, 0.2) is 0 Å². The summed E-state index contributed by atoms with van der Waals surface area (Å²) in [6.45, 7) is 2.38. The number of nitrogens with one attached hydrogen (secondary N) is 1. The molecule has 0 spiro atoms. The predicted octanol–water partition coefficient (Wildman–Crippen LogP) is 2.75. The number of aromatic carboxylic acids is 1. The molecule has 0 bridgehead atoms. The standard InChI is InChI=1S/C17H19NO5S/c1-3-10-23-16-9-6-13(11-15(16)17(19)20)12-4-7-14(8-5-12)24(21,22)18-2/h4-9,11,18H,3,10H2,1-2H3,(H,19,20). The Morgan fingerprint density at radius 2 is 1.75 bits per heavy atom. The van der Waals surface area contributed by atoms with E-state index in [1.54, 1.807) is 24.3 Å². The van der Waals surface area contributed by atoms with Crippen LogP contribution in [0, 0.1) is 0 Å². The second-order valence-corrected chi connectivity index (χ2v) is 6.98. The lowest BCUT2D eigenvalue weighted by Crippen LogP contribution is -2.18. The lowest BCUT2D eigenvalue weighted by Gasteiger charge is -2.11. The molecule has 0 fully saturated rings. The summed E-state index contributed by atoms with van der Waals surface area (Å²) in [6, 6.07) is 11.1. The first-order chi connectivity index (χ1) is 11.4. The fourth-order valence-corrected chi connectivity index (χ4v) is 2.89. The Labute approximate surface area is 141 Å². The summed E-state index contributed by atoms with van der Waals surface area (Å²) >= 11 is 0. The van der Waals surface area contributed by atoms with Crippen molar-refractivity contribution < 1.29 is 23.1 Å². The topological polar surface area (TPSA) is 92.7 Å². The van der Waals surface area contributed by atoms with E-state index in [2.05, 4.69) is 4.72 Å². The summed E-state index contributed by atoms with van der Waals surface area (Å²) in [5.74, 6) is -0.750. The molecule has 2 N–H and O–H groups in total. The Kier molecular flexibility index (Phi) is 5.58. The van der Waals surface area contributed by atoms with Crippen LogP contribution in [0.4, 0.5) is 0 Å². The zero-order valence-corrected chi connectivity index (χ0v) is 14.3. The lowest BCUT2D eigenvalue weighted by atomic mass is 10.0. The van der Waals surface area contributed by atoms with Gasteiger partial charge in [0.1, 0.15) is 11.3 Å². The maximum atomic E-state index is 11.7. The number of sulfonamides is 1. The number of hydrogen-bond donors (Lipinski definition) is 2. The zero-order valence-electron chi connectivity index (χ0n) is 13.4. The van der Waals surface area contributed by atoms with Crippen LogP contribution in [-0.2, 0) is 10.0 Å². The third-order valence-electron chi connectivity index (χ3n) is 3.44. The first-order valence-electron chi connectivity index (χ1n) is 7.43. The second kappa shape index (κ2) is 7.46. The molecule has 6 nitrogen and oxygen atoms in total. The van der Waals surface area contributed by atoms with E-state index in [0.29, 0.717) is 17.9 Å². The SMILES string of the molecule is CCCOc1ccc(-c2ccc(S(=O)(=O)NC)cc2)cc1C(=O)O. The molecule has 0 aliphatic carbocycles. The minimum atomic E-state index is -3.50. The Morgan fingerprint density at radius 3 is 2.29 bits per heavy atom. The molecule has 0 heterocycles. The average molecular weight is 349 g/mol. The fraction of sp³-hybridized carbons (Fsp3) is 0.235. The van der Waals surface area contributed by atoms with Gasteiger partial charge in [-0.1, -0.05) is 25.1 Å². The van der Waals surface area contributed by atoms with Gasteiger partial charge in [-0.3, -0.25) is 0 Å². The Balaban J connectivity index is 2.38. The highest BCUT2D eigenvalue weighted by Crippen LogP contribution is 2.28. The van der Waals surface area contributed by atoms with Crippen molar-refractivity contribution in [3.63, 3.8) is 0 Å². The van der Waals surface area contributed by atoms with Gasteiger partial charge in [-0.25, -0.2) is 17.9 Å². The molecule has 24 heavy (non-hydrogen) atoms. The number of carboxylic acids is 1. The quantitative estimate of drug-likeness (QED) is 0.802. The van der Waals surface area contributed by atoms with Crippen molar-refractivity contribution in [2.45, 2.75) is 18.2 Å². The van der Waals surface area contributed by atoms with E-state index >= 15 is 0 Å². The summed E-state index contributed by atoms with van der Waals surface area (Å²) < 4.78 is 31.2. The lowest BCUT2D eigenvalue weighted by molar-refractivity contribution is 0.0692. The molecule has 0 saturated heterocycles. The average Bonchev–Trinajstić information content (AvgIpc) is 2.59. The summed E-state index contributed by atoms with van der Waals surface area (Å²) in [4.78, 5) is 11.6. The molecule has 7 heteroatoms. The Morgan fingerprint density at radius 1 is 1.12 bits per heavy atom. The van der Waals surface area contributed by atoms with Crippen LogP contribution in [0.2, 0.25) is 0 Å². The largest absolute Gasteiger partial charge is 0.493 e. The van der Waals surface area contributed by atoms with Gasteiger partial charge < -0.3 is 9.84 Å². The van der Waals surface area contributed by atoms with E-state index in [9.17, 15) is 18.3 Å². The third kappa shape index (κ3) is 3.93. The van der Waals surface area contributed by atoms with Crippen molar-refractivity contribution in [1.82, 2.24) is 4.72 Å². The number of rotatable bonds is 7. The Bertz CT molecular complexity index is 829. The minimum Gasteiger partial charge on any atom is -0.493 e. The van der Waals surface area contributed by atoms with Crippen LogP contribution in [0.15, 0.2) is 47.4 Å². The molecule has 0 saturated carbocycles. The molecule has 0 aromatic heterocycles. The van der Waals surface area contributed by atoms with Crippen molar-refractivity contribution >= 4 is 16.0 Å². The van der Waals surface area contributed by atoms with Crippen LogP contribution < -0.4 is 9.46 Å². The van der Waals surface area contributed by atoms with Crippen molar-refractivity contribution in [2.75, 3.05) is 13.7 Å². The van der Waals surface area contributed by atoms with Crippen LogP contribution in [0.3, 0.4) is 0 Å².